The van der Waals surface area contributed by atoms with Gasteiger partial charge in [0.15, 0.2) is 0 Å². The molecule has 0 aliphatic rings. The van der Waals surface area contributed by atoms with Crippen LogP contribution in [-0.2, 0) is 0 Å². The topological polar surface area (TPSA) is 49.9 Å². The SMILES string of the molecule is C#CC(CC)C(=N)N. The van der Waals surface area contributed by atoms with E-state index < -0.39 is 0 Å². The molecule has 0 rings (SSSR count). The van der Waals surface area contributed by atoms with Gasteiger partial charge in [-0.1, -0.05) is 12.8 Å². The Kier molecular flexibility index (Phi) is 2.71. The van der Waals surface area contributed by atoms with Crippen LogP contribution in [0.4, 0.5) is 0 Å². The number of terminal acetylenes is 1. The zero-order valence-electron chi connectivity index (χ0n) is 4.94. The summed E-state index contributed by atoms with van der Waals surface area (Å²) >= 11 is 0. The summed E-state index contributed by atoms with van der Waals surface area (Å²) in [5, 5.41) is 6.89. The van der Waals surface area contributed by atoms with Crippen molar-refractivity contribution in [1.82, 2.24) is 0 Å². The highest BCUT2D eigenvalue weighted by Gasteiger charge is 2.02. The third-order valence-electron chi connectivity index (χ3n) is 0.985. The molecule has 0 bridgehead atoms. The van der Waals surface area contributed by atoms with Crippen LogP contribution in [-0.4, -0.2) is 5.84 Å². The van der Waals surface area contributed by atoms with Gasteiger partial charge in [-0.2, -0.15) is 0 Å². The Morgan fingerprint density at radius 3 is 2.50 bits per heavy atom. The Labute approximate surface area is 49.6 Å². The van der Waals surface area contributed by atoms with E-state index in [4.69, 9.17) is 17.6 Å². The first-order valence-electron chi connectivity index (χ1n) is 2.52. The molecule has 8 heavy (non-hydrogen) atoms. The maximum atomic E-state index is 6.89. The largest absolute Gasteiger partial charge is 0.387 e. The van der Waals surface area contributed by atoms with Crippen LogP contribution in [0.25, 0.3) is 0 Å². The summed E-state index contributed by atoms with van der Waals surface area (Å²) in [6.07, 6.45) is 5.77. The molecule has 0 aliphatic heterocycles. The molecule has 2 heteroatoms. The molecule has 0 aromatic carbocycles. The molecule has 0 amide bonds. The standard InChI is InChI=1S/C6H10N2/c1-3-5(4-2)6(7)8/h1,5H,4H2,2H3,(H3,7,8). The molecule has 0 spiro atoms. The fourth-order valence-electron chi connectivity index (χ4n) is 0.428. The van der Waals surface area contributed by atoms with Gasteiger partial charge in [0.05, 0.1) is 5.92 Å². The van der Waals surface area contributed by atoms with Gasteiger partial charge in [-0.25, -0.2) is 0 Å². The van der Waals surface area contributed by atoms with Crippen LogP contribution in [0.15, 0.2) is 0 Å². The minimum Gasteiger partial charge on any atom is -0.387 e. The van der Waals surface area contributed by atoms with Gasteiger partial charge < -0.3 is 5.73 Å². The molecule has 0 saturated heterocycles. The molecule has 1 atom stereocenters. The van der Waals surface area contributed by atoms with Gasteiger partial charge in [0.2, 0.25) is 0 Å². The minimum absolute atomic E-state index is 0.0926. The molecular weight excluding hydrogens is 100 g/mol. The van der Waals surface area contributed by atoms with E-state index in [0.29, 0.717) is 0 Å². The number of amidine groups is 1. The lowest BCUT2D eigenvalue weighted by Gasteiger charge is -2.01. The van der Waals surface area contributed by atoms with Crippen molar-refractivity contribution in [3.05, 3.63) is 0 Å². The van der Waals surface area contributed by atoms with Gasteiger partial charge in [-0.05, 0) is 6.42 Å². The molecule has 0 aromatic rings. The van der Waals surface area contributed by atoms with Crippen LogP contribution in [0, 0.1) is 23.7 Å². The van der Waals surface area contributed by atoms with Crippen molar-refractivity contribution < 1.29 is 0 Å². The van der Waals surface area contributed by atoms with Crippen LogP contribution < -0.4 is 5.73 Å². The number of rotatable bonds is 2. The normalized spacial score (nSPS) is 12.0. The number of nitrogens with two attached hydrogens (primary N) is 1. The third kappa shape index (κ3) is 1.65. The molecule has 0 saturated carbocycles. The summed E-state index contributed by atoms with van der Waals surface area (Å²) in [5.41, 5.74) is 5.10. The van der Waals surface area contributed by atoms with E-state index in [-0.39, 0.29) is 11.8 Å². The smallest absolute Gasteiger partial charge is 0.106 e. The van der Waals surface area contributed by atoms with Crippen molar-refractivity contribution in [2.24, 2.45) is 11.7 Å². The van der Waals surface area contributed by atoms with Gasteiger partial charge in [0, 0.05) is 0 Å². The molecule has 0 heterocycles. The molecule has 1 unspecified atom stereocenters. The quantitative estimate of drug-likeness (QED) is 0.305. The van der Waals surface area contributed by atoms with E-state index in [1.807, 2.05) is 6.92 Å². The second-order valence-corrected chi connectivity index (χ2v) is 1.58. The average molecular weight is 110 g/mol. The summed E-state index contributed by atoms with van der Waals surface area (Å²) in [7, 11) is 0. The molecule has 0 aromatic heterocycles. The number of hydrogen-bond acceptors (Lipinski definition) is 1. The lowest BCUT2D eigenvalue weighted by atomic mass is 10.1. The lowest BCUT2D eigenvalue weighted by molar-refractivity contribution is 0.828. The lowest BCUT2D eigenvalue weighted by Crippen LogP contribution is -2.19. The van der Waals surface area contributed by atoms with Gasteiger partial charge in [-0.3, -0.25) is 5.41 Å². The predicted molar refractivity (Wildman–Crippen MR) is 34.5 cm³/mol. The van der Waals surface area contributed by atoms with Crippen molar-refractivity contribution in [1.29, 1.82) is 5.41 Å². The van der Waals surface area contributed by atoms with Crippen LogP contribution in [0.1, 0.15) is 13.3 Å². The minimum atomic E-state index is -0.157. The first-order chi connectivity index (χ1) is 3.72. The van der Waals surface area contributed by atoms with E-state index in [0.717, 1.165) is 6.42 Å². The highest BCUT2D eigenvalue weighted by Crippen LogP contribution is 1.96. The Hall–Kier alpha value is -0.970. The van der Waals surface area contributed by atoms with E-state index >= 15 is 0 Å². The van der Waals surface area contributed by atoms with Gasteiger partial charge in [-0.15, -0.1) is 6.42 Å². The van der Waals surface area contributed by atoms with Crippen molar-refractivity contribution in [3.63, 3.8) is 0 Å². The third-order valence-corrected chi connectivity index (χ3v) is 0.985. The highest BCUT2D eigenvalue weighted by atomic mass is 14.7. The molecule has 0 aliphatic carbocycles. The molecule has 3 N–H and O–H groups in total. The van der Waals surface area contributed by atoms with E-state index in [2.05, 4.69) is 5.92 Å². The van der Waals surface area contributed by atoms with E-state index in [1.165, 1.54) is 0 Å². The van der Waals surface area contributed by atoms with Crippen LogP contribution in [0.5, 0.6) is 0 Å². The predicted octanol–water partition coefficient (Wildman–Crippen LogP) is 0.582. The zero-order valence-corrected chi connectivity index (χ0v) is 4.94. The molecular formula is C6H10N2. The van der Waals surface area contributed by atoms with E-state index in [9.17, 15) is 0 Å². The zero-order chi connectivity index (χ0) is 6.57. The fraction of sp³-hybridized carbons (Fsp3) is 0.500. The summed E-state index contributed by atoms with van der Waals surface area (Å²) in [6.45, 7) is 1.91. The monoisotopic (exact) mass is 110 g/mol. The molecule has 2 nitrogen and oxygen atoms in total. The van der Waals surface area contributed by atoms with Gasteiger partial charge in [0.1, 0.15) is 5.84 Å². The van der Waals surface area contributed by atoms with Crippen molar-refractivity contribution in [2.45, 2.75) is 13.3 Å². The number of hydrogen-bond donors (Lipinski definition) is 2. The second-order valence-electron chi connectivity index (χ2n) is 1.58. The Morgan fingerprint density at radius 1 is 2.00 bits per heavy atom. The summed E-state index contributed by atoms with van der Waals surface area (Å²) in [4.78, 5) is 0. The van der Waals surface area contributed by atoms with E-state index in [1.54, 1.807) is 0 Å². The van der Waals surface area contributed by atoms with Crippen LogP contribution >= 0.6 is 0 Å². The van der Waals surface area contributed by atoms with Crippen LogP contribution in [0.3, 0.4) is 0 Å². The molecule has 0 fully saturated rings. The second kappa shape index (κ2) is 3.09. The maximum absolute atomic E-state index is 6.89. The first-order valence-corrected chi connectivity index (χ1v) is 2.52. The van der Waals surface area contributed by atoms with Crippen molar-refractivity contribution in [2.75, 3.05) is 0 Å². The summed E-state index contributed by atoms with van der Waals surface area (Å²) in [5.74, 6) is 2.34. The highest BCUT2D eigenvalue weighted by molar-refractivity contribution is 5.82. The molecule has 0 radical (unpaired) electrons. The summed E-state index contributed by atoms with van der Waals surface area (Å²) < 4.78 is 0. The Bertz CT molecular complexity index is 121. The Balaban J connectivity index is 3.76. The Morgan fingerprint density at radius 2 is 2.50 bits per heavy atom. The first kappa shape index (κ1) is 7.03. The van der Waals surface area contributed by atoms with Gasteiger partial charge >= 0.3 is 0 Å². The average Bonchev–Trinajstić information content (AvgIpc) is 1.69. The fourth-order valence-corrected chi connectivity index (χ4v) is 0.428. The van der Waals surface area contributed by atoms with Crippen molar-refractivity contribution in [3.8, 4) is 12.3 Å². The van der Waals surface area contributed by atoms with Crippen LogP contribution in [0.2, 0.25) is 0 Å². The molecule has 44 valence electrons. The van der Waals surface area contributed by atoms with Crippen molar-refractivity contribution >= 4 is 5.84 Å². The van der Waals surface area contributed by atoms with Gasteiger partial charge in [0.25, 0.3) is 0 Å². The number of nitrogens with one attached hydrogen (secondary N) is 1. The summed E-state index contributed by atoms with van der Waals surface area (Å²) in [6, 6.07) is 0. The maximum Gasteiger partial charge on any atom is 0.106 e.